The van der Waals surface area contributed by atoms with Gasteiger partial charge in [0.25, 0.3) is 0 Å². The van der Waals surface area contributed by atoms with E-state index in [9.17, 15) is 29.4 Å². The van der Waals surface area contributed by atoms with Crippen molar-refractivity contribution in [2.45, 2.75) is 17.9 Å². The lowest BCUT2D eigenvalue weighted by atomic mass is 9.49. The van der Waals surface area contributed by atoms with Gasteiger partial charge in [-0.25, -0.2) is 4.79 Å². The Balaban J connectivity index is 2.47. The number of hydrogen-bond donors (Lipinski definition) is 2. The molecule has 2 N–H and O–H groups in total. The smallest absolute Gasteiger partial charge is 0.337 e. The molecule has 190 valence electrons. The van der Waals surface area contributed by atoms with Crippen molar-refractivity contribution in [1.82, 2.24) is 0 Å². The molecule has 1 saturated carbocycles. The first-order valence-corrected chi connectivity index (χ1v) is 11.2. The van der Waals surface area contributed by atoms with E-state index in [1.54, 1.807) is 6.07 Å². The third-order valence-corrected chi connectivity index (χ3v) is 7.47. The number of aliphatic hydroxyl groups is 2. The third-order valence-electron chi connectivity index (χ3n) is 6.81. The van der Waals surface area contributed by atoms with Crippen LogP contribution < -0.4 is 0 Å². The molecule has 2 aliphatic rings. The first-order chi connectivity index (χ1) is 16.5. The fourth-order valence-corrected chi connectivity index (χ4v) is 6.16. The molecule has 3 rings (SSSR count). The summed E-state index contributed by atoms with van der Waals surface area (Å²) >= 11 is 12.9. The first-order valence-electron chi connectivity index (χ1n) is 10.4. The van der Waals surface area contributed by atoms with Crippen LogP contribution in [0.3, 0.4) is 0 Å². The maximum atomic E-state index is 13.2. The third kappa shape index (κ3) is 4.03. The zero-order chi connectivity index (χ0) is 26.2. The second kappa shape index (κ2) is 10.0. The van der Waals surface area contributed by atoms with Gasteiger partial charge in [-0.1, -0.05) is 29.3 Å². The van der Waals surface area contributed by atoms with Gasteiger partial charge in [0.05, 0.1) is 45.8 Å². The molecule has 0 heterocycles. The lowest BCUT2D eigenvalue weighted by Crippen LogP contribution is -2.68. The van der Waals surface area contributed by atoms with Crippen molar-refractivity contribution in [2.24, 2.45) is 23.7 Å². The molecule has 0 saturated heterocycles. The van der Waals surface area contributed by atoms with Crippen LogP contribution in [-0.4, -0.2) is 68.1 Å². The molecule has 1 unspecified atom stereocenters. The molecule has 2 bridgehead atoms. The second-order valence-corrected chi connectivity index (χ2v) is 9.03. The Bertz CT molecular complexity index is 1080. The molecule has 2 aliphatic carbocycles. The lowest BCUT2D eigenvalue weighted by Gasteiger charge is -2.55. The van der Waals surface area contributed by atoms with E-state index in [0.717, 1.165) is 28.4 Å². The Morgan fingerprint density at radius 3 is 1.80 bits per heavy atom. The Labute approximate surface area is 210 Å². The van der Waals surface area contributed by atoms with Crippen molar-refractivity contribution >= 4 is 47.1 Å². The minimum atomic E-state index is -2.66. The molecule has 1 aromatic rings. The highest BCUT2D eigenvalue weighted by Gasteiger charge is 2.71. The van der Waals surface area contributed by atoms with E-state index in [0.29, 0.717) is 0 Å². The monoisotopic (exact) mass is 530 g/mol. The summed E-state index contributed by atoms with van der Waals surface area (Å²) in [6, 6.07) is 4.59. The Morgan fingerprint density at radius 1 is 0.857 bits per heavy atom. The summed E-state index contributed by atoms with van der Waals surface area (Å²) in [5.74, 6) is -12.8. The van der Waals surface area contributed by atoms with Crippen LogP contribution in [0.5, 0.6) is 0 Å². The van der Waals surface area contributed by atoms with Gasteiger partial charge in [-0.15, -0.1) is 0 Å². The largest absolute Gasteiger partial charge is 0.511 e. The van der Waals surface area contributed by atoms with E-state index in [4.69, 9.17) is 42.1 Å². The SMILES string of the molecule is COC(=O)C1=C(O)C(C(=O)OC)[C@]2(O)[C@H](C(=O)OC)[C@H]1C[C@@H](c1c(Cl)cccc1Cl)[C@H]2C(=O)OC. The first kappa shape index (κ1) is 26.8. The molecule has 1 fully saturated rings. The molecule has 0 aromatic heterocycles. The summed E-state index contributed by atoms with van der Waals surface area (Å²) in [6.07, 6.45) is -0.187. The maximum absolute atomic E-state index is 13.2. The van der Waals surface area contributed by atoms with Crippen molar-refractivity contribution < 1.29 is 48.3 Å². The highest BCUT2D eigenvalue weighted by atomic mass is 35.5. The molecule has 10 nitrogen and oxygen atoms in total. The van der Waals surface area contributed by atoms with Crippen LogP contribution in [0.2, 0.25) is 10.0 Å². The van der Waals surface area contributed by atoms with Crippen LogP contribution in [0, 0.1) is 23.7 Å². The molecule has 0 amide bonds. The van der Waals surface area contributed by atoms with Gasteiger partial charge in [0, 0.05) is 21.9 Å². The summed E-state index contributed by atoms with van der Waals surface area (Å²) in [4.78, 5) is 52.0. The predicted molar refractivity (Wildman–Crippen MR) is 120 cm³/mol. The average molecular weight is 531 g/mol. The van der Waals surface area contributed by atoms with E-state index >= 15 is 0 Å². The van der Waals surface area contributed by atoms with Gasteiger partial charge >= 0.3 is 23.9 Å². The van der Waals surface area contributed by atoms with Crippen molar-refractivity contribution in [3.05, 3.63) is 45.1 Å². The normalized spacial score (nSPS) is 29.7. The molecular formula is C23H24Cl2O10. The number of carbonyl (C=O) groups is 4. The highest BCUT2D eigenvalue weighted by molar-refractivity contribution is 6.36. The maximum Gasteiger partial charge on any atom is 0.337 e. The minimum absolute atomic E-state index is 0.136. The zero-order valence-electron chi connectivity index (χ0n) is 19.2. The number of methoxy groups -OCH3 is 4. The summed E-state index contributed by atoms with van der Waals surface area (Å²) in [6.45, 7) is 0. The van der Waals surface area contributed by atoms with Crippen molar-refractivity contribution in [2.75, 3.05) is 28.4 Å². The van der Waals surface area contributed by atoms with E-state index < -0.39 is 70.4 Å². The number of rotatable bonds is 5. The summed E-state index contributed by atoms with van der Waals surface area (Å²) < 4.78 is 19.4. The summed E-state index contributed by atoms with van der Waals surface area (Å²) in [5.41, 5.74) is -2.86. The lowest BCUT2D eigenvalue weighted by molar-refractivity contribution is -0.208. The fraction of sp³-hybridized carbons (Fsp3) is 0.478. The number of fused-ring (bicyclic) bond motifs is 2. The van der Waals surface area contributed by atoms with Gasteiger partial charge in [0.1, 0.15) is 17.3 Å². The van der Waals surface area contributed by atoms with E-state index in [1.807, 2.05) is 0 Å². The number of hydrogen-bond acceptors (Lipinski definition) is 10. The number of benzene rings is 1. The van der Waals surface area contributed by atoms with Gasteiger partial charge in [-0.05, 0) is 24.1 Å². The van der Waals surface area contributed by atoms with Crippen molar-refractivity contribution in [3.63, 3.8) is 0 Å². The second-order valence-electron chi connectivity index (χ2n) is 8.22. The molecule has 0 aliphatic heterocycles. The van der Waals surface area contributed by atoms with Crippen LogP contribution >= 0.6 is 23.2 Å². The number of aliphatic hydroxyl groups excluding tert-OH is 1. The molecule has 0 spiro atoms. The van der Waals surface area contributed by atoms with Crippen molar-refractivity contribution in [3.8, 4) is 0 Å². The molecule has 35 heavy (non-hydrogen) atoms. The fourth-order valence-electron chi connectivity index (χ4n) is 5.49. The number of carbonyl (C=O) groups excluding carboxylic acids is 4. The Kier molecular flexibility index (Phi) is 7.68. The van der Waals surface area contributed by atoms with Crippen LogP contribution in [0.1, 0.15) is 17.9 Å². The number of halogens is 2. The van der Waals surface area contributed by atoms with E-state index in [2.05, 4.69) is 0 Å². The van der Waals surface area contributed by atoms with E-state index in [1.165, 1.54) is 12.1 Å². The van der Waals surface area contributed by atoms with Crippen LogP contribution in [-0.2, 0) is 38.1 Å². The van der Waals surface area contributed by atoms with Crippen LogP contribution in [0.4, 0.5) is 0 Å². The number of esters is 4. The van der Waals surface area contributed by atoms with Gasteiger partial charge in [-0.2, -0.15) is 0 Å². The molecule has 12 heteroatoms. The predicted octanol–water partition coefficient (Wildman–Crippen LogP) is 2.19. The topological polar surface area (TPSA) is 146 Å². The Morgan fingerprint density at radius 2 is 1.34 bits per heavy atom. The number of ether oxygens (including phenoxy) is 4. The van der Waals surface area contributed by atoms with Crippen LogP contribution in [0.25, 0.3) is 0 Å². The van der Waals surface area contributed by atoms with Gasteiger partial charge in [0.15, 0.2) is 0 Å². The molecule has 1 aromatic carbocycles. The van der Waals surface area contributed by atoms with Crippen molar-refractivity contribution in [1.29, 1.82) is 0 Å². The minimum Gasteiger partial charge on any atom is -0.511 e. The average Bonchev–Trinajstić information content (AvgIpc) is 2.82. The standard InChI is InChI=1S/C23H24Cl2O10/c1-32-19(27)14-10-8-9(13-11(24)6-5-7-12(13)25)15(20(28)33-2)23(31,16(10)21(29)34-3)17(18(14)26)22(30)35-4/h5-7,9-10,15-17,26,31H,8H2,1-4H3/t9-,10-,15-,16-,17?,23+/m0/s1. The molecular weight excluding hydrogens is 507 g/mol. The van der Waals surface area contributed by atoms with Crippen LogP contribution in [0.15, 0.2) is 29.5 Å². The summed E-state index contributed by atoms with van der Waals surface area (Å²) in [7, 11) is 4.13. The molecule has 6 atom stereocenters. The van der Waals surface area contributed by atoms with Gasteiger partial charge in [-0.3, -0.25) is 14.4 Å². The molecule has 0 radical (unpaired) electrons. The summed E-state index contributed by atoms with van der Waals surface area (Å²) in [5, 5.41) is 23.6. The quantitative estimate of drug-likeness (QED) is 0.428. The van der Waals surface area contributed by atoms with E-state index in [-0.39, 0.29) is 22.0 Å². The van der Waals surface area contributed by atoms with Gasteiger partial charge in [0.2, 0.25) is 0 Å². The zero-order valence-corrected chi connectivity index (χ0v) is 20.8. The Hall–Kier alpha value is -2.82. The van der Waals surface area contributed by atoms with Gasteiger partial charge < -0.3 is 29.2 Å². The highest BCUT2D eigenvalue weighted by Crippen LogP contribution is 2.61.